The van der Waals surface area contributed by atoms with Crippen molar-refractivity contribution < 1.29 is 42.5 Å². The van der Waals surface area contributed by atoms with Crippen molar-refractivity contribution in [1.29, 1.82) is 0 Å². The Bertz CT molecular complexity index is 426. The van der Waals surface area contributed by atoms with E-state index in [2.05, 4.69) is 0 Å². The van der Waals surface area contributed by atoms with E-state index in [1.54, 1.807) is 6.07 Å². The maximum atomic E-state index is 10.9. The van der Waals surface area contributed by atoms with Gasteiger partial charge in [-0.15, -0.1) is 0 Å². The minimum absolute atomic E-state index is 0. The van der Waals surface area contributed by atoms with Crippen LogP contribution in [0.25, 0.3) is 0 Å². The van der Waals surface area contributed by atoms with E-state index >= 15 is 0 Å². The number of hydrogen-bond donors (Lipinski definition) is 0. The van der Waals surface area contributed by atoms with E-state index in [1.807, 2.05) is 19.9 Å². The molecule has 0 radical (unpaired) electrons. The van der Waals surface area contributed by atoms with Crippen molar-refractivity contribution in [3.05, 3.63) is 29.3 Å². The van der Waals surface area contributed by atoms with Gasteiger partial charge in [0.15, 0.2) is 0 Å². The van der Waals surface area contributed by atoms with Crippen LogP contribution in [0.3, 0.4) is 0 Å². The van der Waals surface area contributed by atoms with E-state index in [4.69, 9.17) is 0 Å². The summed E-state index contributed by atoms with van der Waals surface area (Å²) in [4.78, 5) is -0.0700. The Labute approximate surface area is 113 Å². The van der Waals surface area contributed by atoms with Gasteiger partial charge in [-0.1, -0.05) is 26.0 Å². The molecule has 0 amide bonds. The standard InChI is InChI=1S/C10H14O3S.Na/c1-3-8-6-5-7-10(9(8)4-2)14(11,12)13;/h5-7H,3-4H2,1-2H3,(H,11,12,13);/q;+1/p-1. The van der Waals surface area contributed by atoms with Gasteiger partial charge in [-0.2, -0.15) is 0 Å². The zero-order chi connectivity index (χ0) is 10.8. The first-order chi connectivity index (χ1) is 6.50. The predicted octanol–water partition coefficient (Wildman–Crippen LogP) is -1.28. The Morgan fingerprint density at radius 2 is 1.80 bits per heavy atom. The molecule has 1 aromatic carbocycles. The van der Waals surface area contributed by atoms with E-state index in [0.29, 0.717) is 12.0 Å². The molecule has 0 bridgehead atoms. The number of benzene rings is 1. The van der Waals surface area contributed by atoms with Gasteiger partial charge in [-0.05, 0) is 30.0 Å². The maximum absolute atomic E-state index is 10.9. The summed E-state index contributed by atoms with van der Waals surface area (Å²) in [5.41, 5.74) is 1.59. The van der Waals surface area contributed by atoms with Gasteiger partial charge < -0.3 is 4.55 Å². The molecular formula is C10H13NaO3S. The summed E-state index contributed by atoms with van der Waals surface area (Å²) in [6, 6.07) is 4.84. The van der Waals surface area contributed by atoms with Crippen molar-refractivity contribution in [3.8, 4) is 0 Å². The molecule has 0 saturated heterocycles. The van der Waals surface area contributed by atoms with E-state index in [9.17, 15) is 13.0 Å². The number of aryl methyl sites for hydroxylation is 1. The van der Waals surface area contributed by atoms with Crippen LogP contribution in [0.2, 0.25) is 0 Å². The Kier molecular flexibility index (Phi) is 6.06. The third-order valence-corrected chi connectivity index (χ3v) is 3.16. The molecule has 0 aliphatic heterocycles. The quantitative estimate of drug-likeness (QED) is 0.485. The van der Waals surface area contributed by atoms with Gasteiger partial charge in [0.2, 0.25) is 0 Å². The number of hydrogen-bond acceptors (Lipinski definition) is 3. The van der Waals surface area contributed by atoms with Gasteiger partial charge in [0.25, 0.3) is 0 Å². The molecule has 0 aliphatic rings. The molecule has 0 N–H and O–H groups in total. The molecule has 0 fully saturated rings. The Morgan fingerprint density at radius 3 is 2.20 bits per heavy atom. The van der Waals surface area contributed by atoms with Crippen LogP contribution in [0, 0.1) is 0 Å². The van der Waals surface area contributed by atoms with Gasteiger partial charge in [-0.25, -0.2) is 8.42 Å². The Hall–Kier alpha value is 0.130. The zero-order valence-electron chi connectivity index (χ0n) is 9.28. The van der Waals surface area contributed by atoms with Crippen molar-refractivity contribution in [3.63, 3.8) is 0 Å². The molecule has 0 atom stereocenters. The number of rotatable bonds is 3. The third kappa shape index (κ3) is 3.57. The SMILES string of the molecule is CCc1cccc(S(=O)(=O)[O-])c1CC.[Na+]. The average molecular weight is 236 g/mol. The molecule has 78 valence electrons. The molecule has 0 aromatic heterocycles. The minimum Gasteiger partial charge on any atom is -0.744 e. The minimum atomic E-state index is -4.33. The predicted molar refractivity (Wildman–Crippen MR) is 53.2 cm³/mol. The van der Waals surface area contributed by atoms with Gasteiger partial charge in [0.1, 0.15) is 10.1 Å². The van der Waals surface area contributed by atoms with Crippen LogP contribution in [-0.4, -0.2) is 13.0 Å². The monoisotopic (exact) mass is 236 g/mol. The summed E-state index contributed by atoms with van der Waals surface area (Å²) >= 11 is 0. The third-order valence-electron chi connectivity index (χ3n) is 2.23. The van der Waals surface area contributed by atoms with Crippen LogP contribution >= 0.6 is 0 Å². The molecule has 0 heterocycles. The van der Waals surface area contributed by atoms with Crippen molar-refractivity contribution in [1.82, 2.24) is 0 Å². The molecule has 3 nitrogen and oxygen atoms in total. The summed E-state index contributed by atoms with van der Waals surface area (Å²) < 4.78 is 32.8. The topological polar surface area (TPSA) is 57.2 Å². The van der Waals surface area contributed by atoms with Crippen LogP contribution in [0.1, 0.15) is 25.0 Å². The van der Waals surface area contributed by atoms with Crippen molar-refractivity contribution in [2.45, 2.75) is 31.6 Å². The normalized spacial score (nSPS) is 10.9. The molecule has 15 heavy (non-hydrogen) atoms. The summed E-state index contributed by atoms with van der Waals surface area (Å²) in [6.45, 7) is 3.79. The second-order valence-corrected chi connectivity index (χ2v) is 4.40. The molecule has 0 saturated carbocycles. The first kappa shape index (κ1) is 15.1. The van der Waals surface area contributed by atoms with Crippen LogP contribution < -0.4 is 29.6 Å². The van der Waals surface area contributed by atoms with E-state index in [-0.39, 0.29) is 34.5 Å². The molecule has 0 aliphatic carbocycles. The van der Waals surface area contributed by atoms with Crippen LogP contribution in [0.15, 0.2) is 23.1 Å². The van der Waals surface area contributed by atoms with E-state index in [1.165, 1.54) is 6.07 Å². The summed E-state index contributed by atoms with van der Waals surface area (Å²) in [6.07, 6.45) is 1.31. The smallest absolute Gasteiger partial charge is 0.744 e. The molecule has 0 unspecified atom stereocenters. The van der Waals surface area contributed by atoms with Crippen molar-refractivity contribution in [2.24, 2.45) is 0 Å². The summed E-state index contributed by atoms with van der Waals surface area (Å²) in [5, 5.41) is 0. The fourth-order valence-electron chi connectivity index (χ4n) is 1.58. The van der Waals surface area contributed by atoms with E-state index < -0.39 is 10.1 Å². The van der Waals surface area contributed by atoms with Gasteiger partial charge >= 0.3 is 29.6 Å². The van der Waals surface area contributed by atoms with Crippen LogP contribution in [0.4, 0.5) is 0 Å². The van der Waals surface area contributed by atoms with Gasteiger partial charge in [0, 0.05) is 0 Å². The maximum Gasteiger partial charge on any atom is 1.00 e. The molecule has 0 spiro atoms. The Balaban J connectivity index is 0.00000196. The van der Waals surface area contributed by atoms with E-state index in [0.717, 1.165) is 12.0 Å². The Morgan fingerprint density at radius 1 is 1.20 bits per heavy atom. The second-order valence-electron chi connectivity index (χ2n) is 3.06. The fraction of sp³-hybridized carbons (Fsp3) is 0.400. The fourth-order valence-corrected chi connectivity index (χ4v) is 2.40. The van der Waals surface area contributed by atoms with Crippen molar-refractivity contribution >= 4 is 10.1 Å². The second kappa shape index (κ2) is 6.01. The molecular weight excluding hydrogens is 223 g/mol. The van der Waals surface area contributed by atoms with Gasteiger partial charge in [-0.3, -0.25) is 0 Å². The van der Waals surface area contributed by atoms with Gasteiger partial charge in [0.05, 0.1) is 4.90 Å². The van der Waals surface area contributed by atoms with Crippen LogP contribution in [-0.2, 0) is 23.0 Å². The molecule has 5 heteroatoms. The molecule has 1 aromatic rings. The first-order valence-electron chi connectivity index (χ1n) is 4.57. The molecule has 1 rings (SSSR count). The first-order valence-corrected chi connectivity index (χ1v) is 5.98. The van der Waals surface area contributed by atoms with Crippen LogP contribution in [0.5, 0.6) is 0 Å². The average Bonchev–Trinajstić information content (AvgIpc) is 2.15. The van der Waals surface area contributed by atoms with Crippen molar-refractivity contribution in [2.75, 3.05) is 0 Å². The summed E-state index contributed by atoms with van der Waals surface area (Å²) in [5.74, 6) is 0. The summed E-state index contributed by atoms with van der Waals surface area (Å²) in [7, 11) is -4.33. The largest absolute Gasteiger partial charge is 1.00 e. The zero-order valence-corrected chi connectivity index (χ0v) is 12.1.